The van der Waals surface area contributed by atoms with Gasteiger partial charge >= 0.3 is 0 Å². The van der Waals surface area contributed by atoms with Crippen LogP contribution in [0, 0.1) is 3.57 Å². The monoisotopic (exact) mass is 483 g/mol. The summed E-state index contributed by atoms with van der Waals surface area (Å²) in [5, 5.41) is 9.55. The summed E-state index contributed by atoms with van der Waals surface area (Å²) >= 11 is 15.1. The quantitative estimate of drug-likeness (QED) is 0.440. The van der Waals surface area contributed by atoms with Crippen LogP contribution < -0.4 is 5.32 Å². The molecule has 4 rings (SSSR count). The Balaban J connectivity index is 1.97. The zero-order valence-electron chi connectivity index (χ0n) is 13.4. The van der Waals surface area contributed by atoms with Crippen molar-refractivity contribution >= 4 is 51.6 Å². The highest BCUT2D eigenvalue weighted by molar-refractivity contribution is 14.1. The number of anilines is 1. The summed E-state index contributed by atoms with van der Waals surface area (Å²) in [6, 6.07) is 14.0. The van der Waals surface area contributed by atoms with Crippen LogP contribution in [-0.4, -0.2) is 16.3 Å². The lowest BCUT2D eigenvalue weighted by Crippen LogP contribution is -2.07. The van der Waals surface area contributed by atoms with Crippen LogP contribution in [0.4, 0.5) is 5.82 Å². The van der Waals surface area contributed by atoms with Gasteiger partial charge in [0.15, 0.2) is 0 Å². The number of fused-ring (bicyclic) bond motifs is 1. The summed E-state index contributed by atoms with van der Waals surface area (Å²) in [5.41, 5.74) is 4.22. The molecule has 25 heavy (non-hydrogen) atoms. The predicted molar refractivity (Wildman–Crippen MR) is 113 cm³/mol. The van der Waals surface area contributed by atoms with E-state index in [0.717, 1.165) is 48.6 Å². The molecule has 0 unspecified atom stereocenters. The zero-order valence-corrected chi connectivity index (χ0v) is 17.1. The Morgan fingerprint density at radius 1 is 1.04 bits per heavy atom. The highest BCUT2D eigenvalue weighted by Crippen LogP contribution is 2.38. The first-order valence-electron chi connectivity index (χ1n) is 8.22. The van der Waals surface area contributed by atoms with Crippen molar-refractivity contribution in [1.29, 1.82) is 0 Å². The van der Waals surface area contributed by atoms with Gasteiger partial charge in [0.25, 0.3) is 0 Å². The third-order valence-electron chi connectivity index (χ3n) is 4.42. The van der Waals surface area contributed by atoms with Gasteiger partial charge in [-0.3, -0.25) is 0 Å². The Bertz CT molecular complexity index is 936. The molecule has 2 aromatic carbocycles. The Hall–Kier alpha value is -1.24. The van der Waals surface area contributed by atoms with Gasteiger partial charge in [-0.15, -0.1) is 0 Å². The van der Waals surface area contributed by atoms with Crippen molar-refractivity contribution in [3.63, 3.8) is 0 Å². The molecular formula is C19H16Cl2IN3. The van der Waals surface area contributed by atoms with Gasteiger partial charge in [-0.05, 0) is 60.1 Å². The molecule has 1 N–H and O–H groups in total. The minimum absolute atomic E-state index is 0.523. The number of halogens is 3. The first-order valence-corrected chi connectivity index (χ1v) is 10.1. The van der Waals surface area contributed by atoms with E-state index < -0.39 is 0 Å². The lowest BCUT2D eigenvalue weighted by Gasteiger charge is -2.11. The molecule has 3 aromatic rings. The van der Waals surface area contributed by atoms with E-state index in [-0.39, 0.29) is 0 Å². The highest BCUT2D eigenvalue weighted by atomic mass is 127. The van der Waals surface area contributed by atoms with Gasteiger partial charge in [-0.1, -0.05) is 47.5 Å². The summed E-state index contributed by atoms with van der Waals surface area (Å²) in [5.74, 6) is 1.02. The molecular weight excluding hydrogens is 468 g/mol. The molecule has 0 aliphatic carbocycles. The van der Waals surface area contributed by atoms with Crippen LogP contribution in [0.3, 0.4) is 0 Å². The number of hydrogen-bond donors (Lipinski definition) is 1. The fourth-order valence-corrected chi connectivity index (χ4v) is 4.22. The maximum atomic E-state index is 6.48. The minimum Gasteiger partial charge on any atom is -0.370 e. The molecule has 0 amide bonds. The first-order chi connectivity index (χ1) is 12.2. The largest absolute Gasteiger partial charge is 0.370 e. The second-order valence-corrected chi connectivity index (χ2v) is 7.97. The van der Waals surface area contributed by atoms with Crippen molar-refractivity contribution in [3.05, 3.63) is 61.6 Å². The van der Waals surface area contributed by atoms with E-state index in [1.807, 2.05) is 22.9 Å². The van der Waals surface area contributed by atoms with Crippen molar-refractivity contribution in [3.8, 4) is 16.9 Å². The topological polar surface area (TPSA) is 29.9 Å². The van der Waals surface area contributed by atoms with Crippen molar-refractivity contribution < 1.29 is 0 Å². The molecule has 1 aliphatic rings. The molecule has 2 heterocycles. The molecule has 0 radical (unpaired) electrons. The third-order valence-corrected chi connectivity index (χ3v) is 6.17. The fourth-order valence-electron chi connectivity index (χ4n) is 3.20. The zero-order chi connectivity index (χ0) is 17.4. The number of rotatable bonds is 2. The lowest BCUT2D eigenvalue weighted by atomic mass is 10.0. The van der Waals surface area contributed by atoms with E-state index >= 15 is 0 Å². The molecule has 0 saturated carbocycles. The Morgan fingerprint density at radius 2 is 1.88 bits per heavy atom. The molecule has 3 nitrogen and oxygen atoms in total. The molecule has 0 atom stereocenters. The summed E-state index contributed by atoms with van der Waals surface area (Å²) in [6.07, 6.45) is 3.29. The van der Waals surface area contributed by atoms with Gasteiger partial charge in [0.05, 0.1) is 21.4 Å². The van der Waals surface area contributed by atoms with Gasteiger partial charge < -0.3 is 5.32 Å². The van der Waals surface area contributed by atoms with E-state index in [1.54, 1.807) is 6.07 Å². The first kappa shape index (κ1) is 17.2. The summed E-state index contributed by atoms with van der Waals surface area (Å²) in [4.78, 5) is 0. The van der Waals surface area contributed by atoms with Gasteiger partial charge in [0, 0.05) is 21.2 Å². The van der Waals surface area contributed by atoms with E-state index in [2.05, 4.69) is 46.1 Å². The summed E-state index contributed by atoms with van der Waals surface area (Å²) < 4.78 is 3.10. The van der Waals surface area contributed by atoms with Crippen molar-refractivity contribution in [2.24, 2.45) is 0 Å². The van der Waals surface area contributed by atoms with Crippen LogP contribution >= 0.6 is 45.8 Å². The van der Waals surface area contributed by atoms with Crippen LogP contribution in [0.1, 0.15) is 18.4 Å². The molecule has 0 bridgehead atoms. The third kappa shape index (κ3) is 3.15. The summed E-state index contributed by atoms with van der Waals surface area (Å²) in [6.45, 7) is 0.933. The predicted octanol–water partition coefficient (Wildman–Crippen LogP) is 6.20. The average Bonchev–Trinajstić information content (AvgIpc) is 2.79. The fraction of sp³-hybridized carbons (Fsp3) is 0.211. The normalized spacial score (nSPS) is 13.9. The smallest absolute Gasteiger partial charge is 0.133 e. The van der Waals surface area contributed by atoms with E-state index in [9.17, 15) is 0 Å². The minimum atomic E-state index is 0.523. The second kappa shape index (κ2) is 7.17. The van der Waals surface area contributed by atoms with Crippen molar-refractivity contribution in [1.82, 2.24) is 9.78 Å². The maximum Gasteiger partial charge on any atom is 0.133 e. The Morgan fingerprint density at radius 3 is 2.72 bits per heavy atom. The lowest BCUT2D eigenvalue weighted by molar-refractivity contribution is 0.780. The van der Waals surface area contributed by atoms with Gasteiger partial charge in [0.1, 0.15) is 5.82 Å². The maximum absolute atomic E-state index is 6.48. The van der Waals surface area contributed by atoms with Gasteiger partial charge in [0.2, 0.25) is 0 Å². The van der Waals surface area contributed by atoms with E-state index in [4.69, 9.17) is 28.3 Å². The van der Waals surface area contributed by atoms with E-state index in [0.29, 0.717) is 10.0 Å². The number of nitrogens with one attached hydrogen (secondary N) is 1. The second-order valence-electron chi connectivity index (χ2n) is 6.02. The van der Waals surface area contributed by atoms with Crippen LogP contribution in [-0.2, 0) is 6.42 Å². The molecule has 1 aliphatic heterocycles. The Labute approximate surface area is 170 Å². The van der Waals surface area contributed by atoms with Crippen LogP contribution in [0.5, 0.6) is 0 Å². The number of nitrogens with zero attached hydrogens (tertiary/aromatic N) is 2. The van der Waals surface area contributed by atoms with Crippen molar-refractivity contribution in [2.75, 3.05) is 11.9 Å². The molecule has 0 fully saturated rings. The molecule has 128 valence electrons. The summed E-state index contributed by atoms with van der Waals surface area (Å²) in [7, 11) is 0. The van der Waals surface area contributed by atoms with Gasteiger partial charge in [-0.25, -0.2) is 4.68 Å². The Kier molecular flexibility index (Phi) is 4.93. The average molecular weight is 484 g/mol. The standard InChI is InChI=1S/C19H16Cl2IN3/c20-14-8-5-10-16(17(14)21)25-19-13(7-3-4-11-23-19)18(24-25)12-6-1-2-9-15(12)22/h1-2,5-6,8-10,23H,3-4,7,11H2. The molecule has 6 heteroatoms. The van der Waals surface area contributed by atoms with Crippen LogP contribution in [0.15, 0.2) is 42.5 Å². The van der Waals surface area contributed by atoms with Crippen molar-refractivity contribution in [2.45, 2.75) is 19.3 Å². The van der Waals surface area contributed by atoms with Crippen LogP contribution in [0.25, 0.3) is 16.9 Å². The number of hydrogen-bond acceptors (Lipinski definition) is 2. The highest BCUT2D eigenvalue weighted by Gasteiger charge is 2.23. The molecule has 0 saturated heterocycles. The molecule has 1 aromatic heterocycles. The number of benzene rings is 2. The van der Waals surface area contributed by atoms with Crippen LogP contribution in [0.2, 0.25) is 10.0 Å². The SMILES string of the molecule is Clc1cccc(-n2nc(-c3ccccc3I)c3c2NCCCC3)c1Cl. The molecule has 0 spiro atoms. The number of aromatic nitrogens is 2. The van der Waals surface area contributed by atoms with E-state index in [1.165, 1.54) is 9.13 Å². The van der Waals surface area contributed by atoms with Gasteiger partial charge in [-0.2, -0.15) is 5.10 Å².